The predicted molar refractivity (Wildman–Crippen MR) is 128 cm³/mol. The molecule has 0 N–H and O–H groups in total. The van der Waals surface area contributed by atoms with Gasteiger partial charge in [0, 0.05) is 36.3 Å². The third-order valence-electron chi connectivity index (χ3n) is 6.29. The van der Waals surface area contributed by atoms with Crippen molar-refractivity contribution in [2.45, 2.75) is 6.92 Å². The summed E-state index contributed by atoms with van der Waals surface area (Å²) >= 11 is 0. The van der Waals surface area contributed by atoms with Crippen molar-refractivity contribution in [2.75, 3.05) is 39.5 Å². The lowest BCUT2D eigenvalue weighted by Crippen LogP contribution is -2.38. The van der Waals surface area contributed by atoms with E-state index in [2.05, 4.69) is 30.0 Å². The summed E-state index contributed by atoms with van der Waals surface area (Å²) in [4.78, 5) is 15.7. The Bertz CT molecular complexity index is 1160. The summed E-state index contributed by atoms with van der Waals surface area (Å²) in [6, 6.07) is 22.2. The van der Waals surface area contributed by atoms with Crippen molar-refractivity contribution in [3.8, 4) is 16.9 Å². The van der Waals surface area contributed by atoms with E-state index in [0.29, 0.717) is 6.61 Å². The Morgan fingerprint density at radius 3 is 2.44 bits per heavy atom. The first kappa shape index (κ1) is 20.7. The fourth-order valence-corrected chi connectivity index (χ4v) is 4.55. The molecule has 1 aliphatic carbocycles. The highest BCUT2D eigenvalue weighted by Crippen LogP contribution is 2.41. The van der Waals surface area contributed by atoms with Crippen LogP contribution < -0.4 is 4.74 Å². The highest BCUT2D eigenvalue weighted by molar-refractivity contribution is 6.38. The van der Waals surface area contributed by atoms with Gasteiger partial charge in [0.15, 0.2) is 5.78 Å². The smallest absolute Gasteiger partial charge is 0.194 e. The van der Waals surface area contributed by atoms with Crippen molar-refractivity contribution >= 4 is 17.4 Å². The van der Waals surface area contributed by atoms with Gasteiger partial charge < -0.3 is 9.47 Å². The number of fused-ring (bicyclic) bond motifs is 1. The lowest BCUT2D eigenvalue weighted by atomic mass is 9.89. The number of ketones is 1. The van der Waals surface area contributed by atoms with Gasteiger partial charge in [-0.3, -0.25) is 9.69 Å². The van der Waals surface area contributed by atoms with Crippen molar-refractivity contribution in [3.05, 3.63) is 89.0 Å². The Hall–Kier alpha value is -3.21. The van der Waals surface area contributed by atoms with Crippen LogP contribution in [0.1, 0.15) is 27.0 Å². The minimum atomic E-state index is 0.0753. The van der Waals surface area contributed by atoms with Crippen LogP contribution in [0.25, 0.3) is 22.8 Å². The van der Waals surface area contributed by atoms with Crippen LogP contribution in [0.2, 0.25) is 0 Å². The highest BCUT2D eigenvalue weighted by Gasteiger charge is 2.27. The normalized spacial score (nSPS) is 16.0. The molecule has 0 aromatic heterocycles. The standard InChI is InChI=1S/C28H27NO3/c1-20-26(32-18-15-29-13-16-31-17-14-29)12-11-23(21-7-3-2-4-8-21)27(20)25-19-22-9-5-6-10-24(22)28(25)30/h2-12,19H,13-18H2,1H3. The number of carbonyl (C=O) groups excluding carboxylic acids is 1. The van der Waals surface area contributed by atoms with E-state index < -0.39 is 0 Å². The molecule has 0 unspecified atom stereocenters. The predicted octanol–water partition coefficient (Wildman–Crippen LogP) is 5.11. The molecule has 0 bridgehead atoms. The molecule has 1 aliphatic heterocycles. The topological polar surface area (TPSA) is 38.8 Å². The summed E-state index contributed by atoms with van der Waals surface area (Å²) in [5, 5.41) is 0. The Kier molecular flexibility index (Phi) is 5.89. The van der Waals surface area contributed by atoms with Gasteiger partial charge in [0.1, 0.15) is 12.4 Å². The molecule has 162 valence electrons. The van der Waals surface area contributed by atoms with Crippen LogP contribution in [-0.4, -0.2) is 50.1 Å². The molecule has 32 heavy (non-hydrogen) atoms. The van der Waals surface area contributed by atoms with Crippen LogP contribution in [0.15, 0.2) is 66.7 Å². The average Bonchev–Trinajstić information content (AvgIpc) is 3.17. The van der Waals surface area contributed by atoms with Crippen molar-refractivity contribution in [1.82, 2.24) is 4.90 Å². The molecule has 1 fully saturated rings. The summed E-state index contributed by atoms with van der Waals surface area (Å²) < 4.78 is 11.6. The molecule has 0 saturated carbocycles. The molecule has 1 saturated heterocycles. The average molecular weight is 426 g/mol. The molecule has 1 heterocycles. The summed E-state index contributed by atoms with van der Waals surface area (Å²) in [6.45, 7) is 6.99. The zero-order valence-corrected chi connectivity index (χ0v) is 18.3. The van der Waals surface area contributed by atoms with Crippen molar-refractivity contribution in [2.24, 2.45) is 0 Å². The lowest BCUT2D eigenvalue weighted by molar-refractivity contribution is 0.0322. The van der Waals surface area contributed by atoms with E-state index in [1.165, 1.54) is 0 Å². The number of hydrogen-bond donors (Lipinski definition) is 0. The summed E-state index contributed by atoms with van der Waals surface area (Å²) in [5.74, 6) is 0.906. The zero-order chi connectivity index (χ0) is 21.9. The van der Waals surface area contributed by atoms with Crippen LogP contribution in [0.4, 0.5) is 0 Å². The van der Waals surface area contributed by atoms with E-state index in [9.17, 15) is 4.79 Å². The molecule has 2 aliphatic rings. The van der Waals surface area contributed by atoms with Gasteiger partial charge in [-0.1, -0.05) is 60.7 Å². The first-order valence-corrected chi connectivity index (χ1v) is 11.2. The SMILES string of the molecule is Cc1c(OCCN2CCOCC2)ccc(-c2ccccc2)c1C1=Cc2ccccc2C1=O. The van der Waals surface area contributed by atoms with Gasteiger partial charge in [0.25, 0.3) is 0 Å². The number of hydrogen-bond acceptors (Lipinski definition) is 4. The molecule has 4 heteroatoms. The molecule has 3 aromatic rings. The van der Waals surface area contributed by atoms with Crippen LogP contribution in [0.3, 0.4) is 0 Å². The first-order chi connectivity index (χ1) is 15.7. The summed E-state index contributed by atoms with van der Waals surface area (Å²) in [6.07, 6.45) is 2.02. The number of benzene rings is 3. The fraction of sp³-hybridized carbons (Fsp3) is 0.250. The van der Waals surface area contributed by atoms with E-state index in [4.69, 9.17) is 9.47 Å². The van der Waals surface area contributed by atoms with Gasteiger partial charge in [-0.25, -0.2) is 0 Å². The van der Waals surface area contributed by atoms with Gasteiger partial charge in [0.2, 0.25) is 0 Å². The lowest BCUT2D eigenvalue weighted by Gasteiger charge is -2.26. The maximum absolute atomic E-state index is 13.3. The minimum Gasteiger partial charge on any atom is -0.492 e. The third kappa shape index (κ3) is 3.99. The Morgan fingerprint density at radius 2 is 1.66 bits per heavy atom. The number of Topliss-reactive ketones (excluding diaryl/α,β-unsaturated/α-hetero) is 1. The number of nitrogens with zero attached hydrogens (tertiary/aromatic N) is 1. The van der Waals surface area contributed by atoms with E-state index in [1.807, 2.05) is 54.6 Å². The fourth-order valence-electron chi connectivity index (χ4n) is 4.55. The highest BCUT2D eigenvalue weighted by atomic mass is 16.5. The van der Waals surface area contributed by atoms with Gasteiger partial charge >= 0.3 is 0 Å². The van der Waals surface area contributed by atoms with Crippen molar-refractivity contribution < 1.29 is 14.3 Å². The van der Waals surface area contributed by atoms with Gasteiger partial charge in [-0.15, -0.1) is 0 Å². The minimum absolute atomic E-state index is 0.0753. The number of morpholine rings is 1. The van der Waals surface area contributed by atoms with E-state index in [-0.39, 0.29) is 5.78 Å². The molecular weight excluding hydrogens is 398 g/mol. The second-order valence-electron chi connectivity index (χ2n) is 8.25. The van der Waals surface area contributed by atoms with Crippen LogP contribution in [-0.2, 0) is 4.74 Å². The first-order valence-electron chi connectivity index (χ1n) is 11.2. The summed E-state index contributed by atoms with van der Waals surface area (Å²) in [5.41, 5.74) is 6.58. The molecule has 0 atom stereocenters. The molecule has 5 rings (SSSR count). The van der Waals surface area contributed by atoms with Crippen molar-refractivity contribution in [3.63, 3.8) is 0 Å². The second kappa shape index (κ2) is 9.11. The Morgan fingerprint density at radius 1 is 0.906 bits per heavy atom. The third-order valence-corrected chi connectivity index (χ3v) is 6.29. The van der Waals surface area contributed by atoms with Crippen LogP contribution in [0, 0.1) is 6.92 Å². The molecule has 4 nitrogen and oxygen atoms in total. The van der Waals surface area contributed by atoms with Gasteiger partial charge in [0.05, 0.1) is 13.2 Å². The van der Waals surface area contributed by atoms with E-state index in [1.54, 1.807) is 0 Å². The van der Waals surface area contributed by atoms with Crippen molar-refractivity contribution in [1.29, 1.82) is 0 Å². The molecule has 3 aromatic carbocycles. The Labute approximate surface area is 189 Å². The molecular formula is C28H27NO3. The number of carbonyl (C=O) groups is 1. The number of ether oxygens (including phenoxy) is 2. The molecule has 0 radical (unpaired) electrons. The number of rotatable bonds is 6. The molecule has 0 spiro atoms. The maximum Gasteiger partial charge on any atom is 0.194 e. The van der Waals surface area contributed by atoms with Gasteiger partial charge in [-0.05, 0) is 41.3 Å². The van der Waals surface area contributed by atoms with Crippen LogP contribution in [0.5, 0.6) is 5.75 Å². The van der Waals surface area contributed by atoms with E-state index >= 15 is 0 Å². The van der Waals surface area contributed by atoms with E-state index in [0.717, 1.165) is 77.6 Å². The van der Waals surface area contributed by atoms with Crippen LogP contribution >= 0.6 is 0 Å². The van der Waals surface area contributed by atoms with Gasteiger partial charge in [-0.2, -0.15) is 0 Å². The summed E-state index contributed by atoms with van der Waals surface area (Å²) in [7, 11) is 0. The largest absolute Gasteiger partial charge is 0.492 e. The zero-order valence-electron chi connectivity index (χ0n) is 18.3. The maximum atomic E-state index is 13.3. The second-order valence-corrected chi connectivity index (χ2v) is 8.25. The Balaban J connectivity index is 1.50. The quantitative estimate of drug-likeness (QED) is 0.550. The molecule has 0 amide bonds. The number of allylic oxidation sites excluding steroid dienone is 1. The monoisotopic (exact) mass is 425 g/mol.